The molecule has 2 atom stereocenters. The van der Waals surface area contributed by atoms with Gasteiger partial charge in [0, 0.05) is 16.8 Å². The highest BCUT2D eigenvalue weighted by Gasteiger charge is 2.22. The van der Waals surface area contributed by atoms with E-state index in [0.29, 0.717) is 11.8 Å². The zero-order valence-electron chi connectivity index (χ0n) is 12.8. The zero-order valence-corrected chi connectivity index (χ0v) is 12.8. The van der Waals surface area contributed by atoms with Crippen LogP contribution in [-0.2, 0) is 4.79 Å². The lowest BCUT2D eigenvalue weighted by molar-refractivity contribution is -0.124. The molecule has 2 unspecified atom stereocenters. The molecule has 0 spiro atoms. The van der Waals surface area contributed by atoms with Gasteiger partial charge in [-0.25, -0.2) is 0 Å². The fourth-order valence-electron chi connectivity index (χ4n) is 3.02. The molecular formula is C17H21N3O2. The van der Waals surface area contributed by atoms with Crippen LogP contribution in [0.3, 0.4) is 0 Å². The summed E-state index contributed by atoms with van der Waals surface area (Å²) in [5.41, 5.74) is 0. The normalized spacial score (nSPS) is 21.5. The van der Waals surface area contributed by atoms with Crippen LogP contribution in [0.15, 0.2) is 30.5 Å². The van der Waals surface area contributed by atoms with Crippen LogP contribution in [0.25, 0.3) is 10.8 Å². The Morgan fingerprint density at radius 3 is 3.00 bits per heavy atom. The summed E-state index contributed by atoms with van der Waals surface area (Å²) in [5.74, 6) is 0.855. The van der Waals surface area contributed by atoms with Crippen molar-refractivity contribution in [2.45, 2.75) is 38.6 Å². The molecule has 1 fully saturated rings. The van der Waals surface area contributed by atoms with Crippen LogP contribution in [0.4, 0.5) is 0 Å². The zero-order chi connectivity index (χ0) is 15.4. The number of carbonyl (C=O) groups excluding carboxylic acids is 1. The monoisotopic (exact) mass is 299 g/mol. The van der Waals surface area contributed by atoms with Crippen molar-refractivity contribution in [1.29, 1.82) is 0 Å². The van der Waals surface area contributed by atoms with Crippen molar-refractivity contribution in [1.82, 2.24) is 15.5 Å². The molecule has 1 N–H and O–H groups in total. The van der Waals surface area contributed by atoms with Gasteiger partial charge < -0.3 is 10.1 Å². The third-order valence-corrected chi connectivity index (χ3v) is 4.33. The van der Waals surface area contributed by atoms with Gasteiger partial charge in [-0.3, -0.25) is 4.79 Å². The van der Waals surface area contributed by atoms with Gasteiger partial charge in [0.2, 0.25) is 5.88 Å². The van der Waals surface area contributed by atoms with E-state index in [0.717, 1.165) is 17.2 Å². The molecule has 3 rings (SSSR count). The third kappa shape index (κ3) is 3.35. The fraction of sp³-hybridized carbons (Fsp3) is 0.471. The summed E-state index contributed by atoms with van der Waals surface area (Å²) in [4.78, 5) is 12.1. The van der Waals surface area contributed by atoms with Crippen molar-refractivity contribution in [2.75, 3.05) is 6.61 Å². The van der Waals surface area contributed by atoms with E-state index in [4.69, 9.17) is 4.74 Å². The van der Waals surface area contributed by atoms with Gasteiger partial charge >= 0.3 is 0 Å². The molecular weight excluding hydrogens is 278 g/mol. The number of nitrogens with one attached hydrogen (secondary N) is 1. The maximum Gasteiger partial charge on any atom is 0.258 e. The number of nitrogens with zero attached hydrogens (tertiary/aromatic N) is 2. The molecule has 1 aliphatic carbocycles. The molecule has 0 bridgehead atoms. The highest BCUT2D eigenvalue weighted by Crippen LogP contribution is 2.24. The fourth-order valence-corrected chi connectivity index (χ4v) is 3.02. The number of amides is 1. The molecule has 1 heterocycles. The third-order valence-electron chi connectivity index (χ3n) is 4.33. The van der Waals surface area contributed by atoms with Gasteiger partial charge in [0.1, 0.15) is 0 Å². The van der Waals surface area contributed by atoms with E-state index in [1.165, 1.54) is 19.3 Å². The lowest BCUT2D eigenvalue weighted by Gasteiger charge is -2.29. The first-order valence-corrected chi connectivity index (χ1v) is 7.86. The minimum atomic E-state index is -0.0894. The second kappa shape index (κ2) is 6.73. The van der Waals surface area contributed by atoms with Gasteiger partial charge in [0.25, 0.3) is 5.91 Å². The Bertz CT molecular complexity index is 654. The van der Waals surface area contributed by atoms with Gasteiger partial charge in [-0.1, -0.05) is 38.0 Å². The Labute approximate surface area is 130 Å². The van der Waals surface area contributed by atoms with E-state index >= 15 is 0 Å². The summed E-state index contributed by atoms with van der Waals surface area (Å²) >= 11 is 0. The topological polar surface area (TPSA) is 64.1 Å². The first kappa shape index (κ1) is 14.8. The van der Waals surface area contributed by atoms with Gasteiger partial charge in [-0.2, -0.15) is 5.10 Å². The number of hydrogen-bond donors (Lipinski definition) is 1. The largest absolute Gasteiger partial charge is 0.466 e. The average Bonchev–Trinajstić information content (AvgIpc) is 2.55. The Morgan fingerprint density at radius 2 is 2.14 bits per heavy atom. The first-order valence-electron chi connectivity index (χ1n) is 7.86. The molecule has 2 aromatic rings. The smallest absolute Gasteiger partial charge is 0.258 e. The van der Waals surface area contributed by atoms with Crippen LogP contribution in [-0.4, -0.2) is 28.8 Å². The number of hydrogen-bond acceptors (Lipinski definition) is 4. The number of carbonyl (C=O) groups is 1. The predicted octanol–water partition coefficient (Wildman–Crippen LogP) is 2.70. The molecule has 1 saturated carbocycles. The maximum absolute atomic E-state index is 12.1. The molecule has 1 aromatic heterocycles. The highest BCUT2D eigenvalue weighted by atomic mass is 16.5. The van der Waals surface area contributed by atoms with Crippen molar-refractivity contribution < 1.29 is 9.53 Å². The van der Waals surface area contributed by atoms with E-state index in [2.05, 4.69) is 22.4 Å². The summed E-state index contributed by atoms with van der Waals surface area (Å²) in [5, 5.41) is 12.8. The highest BCUT2D eigenvalue weighted by molar-refractivity contribution is 5.86. The van der Waals surface area contributed by atoms with Crippen LogP contribution in [0.1, 0.15) is 32.6 Å². The number of rotatable bonds is 4. The Kier molecular flexibility index (Phi) is 4.51. The minimum Gasteiger partial charge on any atom is -0.466 e. The maximum atomic E-state index is 12.1. The number of ether oxygens (including phenoxy) is 1. The van der Waals surface area contributed by atoms with Gasteiger partial charge in [0.15, 0.2) is 6.61 Å². The molecule has 0 aliphatic heterocycles. The van der Waals surface area contributed by atoms with Crippen LogP contribution < -0.4 is 10.1 Å². The molecule has 1 aliphatic rings. The summed E-state index contributed by atoms with van der Waals surface area (Å²) < 4.78 is 5.57. The lowest BCUT2D eigenvalue weighted by Crippen LogP contribution is -2.43. The van der Waals surface area contributed by atoms with E-state index in [9.17, 15) is 4.79 Å². The Hall–Kier alpha value is -2.17. The lowest BCUT2D eigenvalue weighted by atomic mass is 9.86. The van der Waals surface area contributed by atoms with E-state index in [-0.39, 0.29) is 18.6 Å². The Balaban J connectivity index is 1.60. The van der Waals surface area contributed by atoms with Crippen LogP contribution in [0.2, 0.25) is 0 Å². The summed E-state index contributed by atoms with van der Waals surface area (Å²) in [7, 11) is 0. The van der Waals surface area contributed by atoms with Crippen molar-refractivity contribution in [3.8, 4) is 5.88 Å². The van der Waals surface area contributed by atoms with E-state index in [1.54, 1.807) is 6.20 Å². The molecule has 1 amide bonds. The molecule has 1 aromatic carbocycles. The molecule has 5 heteroatoms. The van der Waals surface area contributed by atoms with Gasteiger partial charge in [-0.05, 0) is 24.8 Å². The minimum absolute atomic E-state index is 0.0219. The van der Waals surface area contributed by atoms with Crippen molar-refractivity contribution in [3.05, 3.63) is 30.5 Å². The predicted molar refractivity (Wildman–Crippen MR) is 84.6 cm³/mol. The second-order valence-electron chi connectivity index (χ2n) is 5.96. The van der Waals surface area contributed by atoms with Gasteiger partial charge in [-0.15, -0.1) is 5.10 Å². The van der Waals surface area contributed by atoms with Crippen molar-refractivity contribution >= 4 is 16.7 Å². The Morgan fingerprint density at radius 1 is 1.32 bits per heavy atom. The standard InChI is InChI=1S/C17H21N3O2/c1-12-6-2-5-9-15(12)19-16(21)11-22-17-14-8-4-3-7-13(14)10-18-20-17/h3-4,7-8,10,12,15H,2,5-6,9,11H2,1H3,(H,19,21). The summed E-state index contributed by atoms with van der Waals surface area (Å²) in [6, 6.07) is 7.98. The molecule has 0 radical (unpaired) electrons. The first-order chi connectivity index (χ1) is 10.7. The molecule has 22 heavy (non-hydrogen) atoms. The van der Waals surface area contributed by atoms with Crippen LogP contribution in [0.5, 0.6) is 5.88 Å². The average molecular weight is 299 g/mol. The van der Waals surface area contributed by atoms with Crippen LogP contribution >= 0.6 is 0 Å². The van der Waals surface area contributed by atoms with Crippen molar-refractivity contribution in [2.24, 2.45) is 5.92 Å². The SMILES string of the molecule is CC1CCCCC1NC(=O)COc1nncc2ccccc12. The second-order valence-corrected chi connectivity index (χ2v) is 5.96. The number of aromatic nitrogens is 2. The van der Waals surface area contributed by atoms with Crippen LogP contribution in [0, 0.1) is 5.92 Å². The quantitative estimate of drug-likeness (QED) is 0.942. The molecule has 0 saturated heterocycles. The summed E-state index contributed by atoms with van der Waals surface area (Å²) in [6.07, 6.45) is 6.37. The van der Waals surface area contributed by atoms with Crippen molar-refractivity contribution in [3.63, 3.8) is 0 Å². The van der Waals surface area contributed by atoms with E-state index in [1.807, 2.05) is 24.3 Å². The summed E-state index contributed by atoms with van der Waals surface area (Å²) in [6.45, 7) is 2.17. The number of fused-ring (bicyclic) bond motifs is 1. The molecule has 5 nitrogen and oxygen atoms in total. The van der Waals surface area contributed by atoms with Gasteiger partial charge in [0.05, 0.1) is 6.20 Å². The number of benzene rings is 1. The van der Waals surface area contributed by atoms with E-state index < -0.39 is 0 Å². The molecule has 116 valence electrons.